The first-order chi connectivity index (χ1) is 28.1. The summed E-state index contributed by atoms with van der Waals surface area (Å²) in [5.41, 5.74) is 6.55. The van der Waals surface area contributed by atoms with Gasteiger partial charge in [-0.2, -0.15) is 0 Å². The van der Waals surface area contributed by atoms with E-state index >= 15 is 0 Å². The summed E-state index contributed by atoms with van der Waals surface area (Å²) < 4.78 is 6.36. The molecule has 58 heavy (non-hydrogen) atoms. The van der Waals surface area contributed by atoms with E-state index in [1.54, 1.807) is 11.1 Å². The molecule has 8 rings (SSSR count). The Balaban J connectivity index is 0.980. The van der Waals surface area contributed by atoms with Crippen molar-refractivity contribution in [2.45, 2.75) is 56.8 Å². The summed E-state index contributed by atoms with van der Waals surface area (Å²) in [5.74, 6) is 1.57. The van der Waals surface area contributed by atoms with Gasteiger partial charge < -0.3 is 24.5 Å². The standard InChI is InChI=1S/C46H50N8O4/c1-29-33(19-12-20-34(29)50-43(55)38-22-14-26-54(38)46(57)41(52(4)5)31-17-10-7-11-18-31)44-47-28-39(58-44)32-23-24-35-36(27-32)49-42(48-35)37-21-13-25-53(37)45(56)40(51(2)3)30-15-8-6-9-16-30/h6-12,15-20,23-24,27-28,37-38,40-41H,13-14,21-22,25-26H2,1-5H3,(H,48,49)(H,50,55)/t37-,38-,40+,41+/m0/s1. The van der Waals surface area contributed by atoms with Crippen molar-refractivity contribution in [3.8, 4) is 22.8 Å². The molecule has 6 aromatic rings. The zero-order valence-electron chi connectivity index (χ0n) is 33.7. The van der Waals surface area contributed by atoms with Crippen molar-refractivity contribution in [3.63, 3.8) is 0 Å². The van der Waals surface area contributed by atoms with E-state index in [-0.39, 0.29) is 29.8 Å². The molecule has 12 nitrogen and oxygen atoms in total. The van der Waals surface area contributed by atoms with Crippen molar-refractivity contribution < 1.29 is 18.8 Å². The number of likely N-dealkylation sites (N-methyl/N-ethyl adjacent to an activating group) is 2. The smallest absolute Gasteiger partial charge is 0.247 e. The molecule has 3 amide bonds. The zero-order chi connectivity index (χ0) is 40.5. The number of imidazole rings is 1. The van der Waals surface area contributed by atoms with E-state index in [9.17, 15) is 14.4 Å². The molecule has 4 aromatic carbocycles. The van der Waals surface area contributed by atoms with Crippen molar-refractivity contribution in [3.05, 3.63) is 126 Å². The van der Waals surface area contributed by atoms with Gasteiger partial charge in [0.2, 0.25) is 23.6 Å². The highest BCUT2D eigenvalue weighted by Crippen LogP contribution is 2.37. The molecule has 298 valence electrons. The monoisotopic (exact) mass is 778 g/mol. The normalized spacial score (nSPS) is 18.0. The number of hydrogen-bond acceptors (Lipinski definition) is 8. The van der Waals surface area contributed by atoms with Gasteiger partial charge in [-0.3, -0.25) is 24.2 Å². The molecule has 2 aliphatic heterocycles. The van der Waals surface area contributed by atoms with E-state index in [0.717, 1.165) is 63.9 Å². The lowest BCUT2D eigenvalue weighted by Crippen LogP contribution is -2.47. The van der Waals surface area contributed by atoms with Gasteiger partial charge in [0.15, 0.2) is 5.76 Å². The van der Waals surface area contributed by atoms with E-state index in [1.165, 1.54) is 0 Å². The molecule has 2 N–H and O–H groups in total. The van der Waals surface area contributed by atoms with Crippen molar-refractivity contribution in [2.24, 2.45) is 0 Å². The molecule has 2 fully saturated rings. The maximum atomic E-state index is 14.0. The number of aromatic amines is 1. The number of aromatic nitrogens is 3. The Kier molecular flexibility index (Phi) is 11.0. The van der Waals surface area contributed by atoms with Gasteiger partial charge in [-0.15, -0.1) is 0 Å². The van der Waals surface area contributed by atoms with Gasteiger partial charge in [0, 0.05) is 29.9 Å². The lowest BCUT2D eigenvalue weighted by Gasteiger charge is -2.31. The number of anilines is 1. The van der Waals surface area contributed by atoms with E-state index in [0.29, 0.717) is 36.8 Å². The van der Waals surface area contributed by atoms with E-state index in [4.69, 9.17) is 9.40 Å². The summed E-state index contributed by atoms with van der Waals surface area (Å²) in [6, 6.07) is 29.6. The molecular formula is C46H50N8O4. The van der Waals surface area contributed by atoms with Crippen LogP contribution in [0.5, 0.6) is 0 Å². The van der Waals surface area contributed by atoms with Crippen molar-refractivity contribution >= 4 is 34.4 Å². The summed E-state index contributed by atoms with van der Waals surface area (Å²) in [4.78, 5) is 62.4. The van der Waals surface area contributed by atoms with Crippen molar-refractivity contribution in [1.82, 2.24) is 34.6 Å². The summed E-state index contributed by atoms with van der Waals surface area (Å²) in [7, 11) is 7.66. The first kappa shape index (κ1) is 38.7. The number of nitrogens with zero attached hydrogens (tertiary/aromatic N) is 6. The fourth-order valence-electron chi connectivity index (χ4n) is 8.62. The summed E-state index contributed by atoms with van der Waals surface area (Å²) in [5, 5.41) is 3.12. The Hall–Kier alpha value is -6.11. The number of H-pyrrole nitrogens is 1. The molecule has 0 aliphatic carbocycles. The highest BCUT2D eigenvalue weighted by atomic mass is 16.4. The molecule has 0 bridgehead atoms. The number of benzene rings is 4. The molecule has 0 radical (unpaired) electrons. The third-order valence-corrected chi connectivity index (χ3v) is 11.5. The minimum Gasteiger partial charge on any atom is -0.436 e. The fourth-order valence-corrected chi connectivity index (χ4v) is 8.62. The van der Waals surface area contributed by atoms with Crippen LogP contribution in [-0.2, 0) is 14.4 Å². The Labute approximate surface area is 338 Å². The maximum Gasteiger partial charge on any atom is 0.247 e. The summed E-state index contributed by atoms with van der Waals surface area (Å²) >= 11 is 0. The second-order valence-corrected chi connectivity index (χ2v) is 15.8. The summed E-state index contributed by atoms with van der Waals surface area (Å²) in [6.07, 6.45) is 4.80. The molecule has 2 aliphatic rings. The summed E-state index contributed by atoms with van der Waals surface area (Å²) in [6.45, 7) is 3.14. The molecule has 0 spiro atoms. The Morgan fingerprint density at radius 1 is 0.793 bits per heavy atom. The van der Waals surface area contributed by atoms with Crippen LogP contribution in [0.4, 0.5) is 5.69 Å². The molecule has 2 saturated heterocycles. The second kappa shape index (κ2) is 16.4. The number of amides is 3. The molecule has 4 heterocycles. The number of rotatable bonds is 11. The number of carbonyl (C=O) groups excluding carboxylic acids is 3. The predicted molar refractivity (Wildman–Crippen MR) is 225 cm³/mol. The van der Waals surface area contributed by atoms with Gasteiger partial charge in [0.05, 0.1) is 23.3 Å². The second-order valence-electron chi connectivity index (χ2n) is 15.8. The van der Waals surface area contributed by atoms with Gasteiger partial charge >= 0.3 is 0 Å². The van der Waals surface area contributed by atoms with E-state index in [1.807, 2.05) is 147 Å². The topological polar surface area (TPSA) is 131 Å². The fraction of sp³-hybridized carbons (Fsp3) is 0.326. The Bertz CT molecular complexity index is 2420. The first-order valence-corrected chi connectivity index (χ1v) is 20.0. The molecule has 0 saturated carbocycles. The van der Waals surface area contributed by atoms with Gasteiger partial charge in [0.1, 0.15) is 23.9 Å². The van der Waals surface area contributed by atoms with Crippen LogP contribution < -0.4 is 5.32 Å². The third-order valence-electron chi connectivity index (χ3n) is 11.5. The van der Waals surface area contributed by atoms with Gasteiger partial charge in [-0.25, -0.2) is 9.97 Å². The molecule has 4 atom stereocenters. The average Bonchev–Trinajstić information content (AvgIpc) is 4.05. The van der Waals surface area contributed by atoms with Crippen LogP contribution in [0.1, 0.15) is 66.3 Å². The van der Waals surface area contributed by atoms with Gasteiger partial charge in [-0.1, -0.05) is 66.7 Å². The van der Waals surface area contributed by atoms with Crippen LogP contribution in [0.25, 0.3) is 33.8 Å². The molecule has 12 heteroatoms. The van der Waals surface area contributed by atoms with Crippen LogP contribution in [0.2, 0.25) is 0 Å². The molecule has 0 unspecified atom stereocenters. The lowest BCUT2D eigenvalue weighted by molar-refractivity contribution is -0.140. The maximum absolute atomic E-state index is 14.0. The zero-order valence-corrected chi connectivity index (χ0v) is 33.7. The predicted octanol–water partition coefficient (Wildman–Crippen LogP) is 7.39. The lowest BCUT2D eigenvalue weighted by atomic mass is 10.0. The Morgan fingerprint density at radius 3 is 2.10 bits per heavy atom. The molecular weight excluding hydrogens is 729 g/mol. The van der Waals surface area contributed by atoms with Crippen LogP contribution in [0.3, 0.4) is 0 Å². The highest BCUT2D eigenvalue weighted by Gasteiger charge is 2.39. The minimum atomic E-state index is -0.575. The van der Waals surface area contributed by atoms with Crippen LogP contribution in [0.15, 0.2) is 108 Å². The van der Waals surface area contributed by atoms with Gasteiger partial charge in [0.25, 0.3) is 0 Å². The average molecular weight is 779 g/mol. The minimum absolute atomic E-state index is 0.0700. The van der Waals surface area contributed by atoms with Crippen molar-refractivity contribution in [2.75, 3.05) is 46.6 Å². The number of nitrogens with one attached hydrogen (secondary N) is 2. The largest absolute Gasteiger partial charge is 0.436 e. The van der Waals surface area contributed by atoms with Crippen LogP contribution in [-0.4, -0.2) is 99.6 Å². The SMILES string of the molecule is Cc1c(NC(=O)[C@@H]2CCCN2C(=O)[C@@H](c2ccccc2)N(C)C)cccc1-c1ncc(-c2ccc3nc([C@@H]4CCCN4C(=O)[C@@H](c4ccccc4)N(C)C)[nH]c3c2)o1. The number of likely N-dealkylation sites (tertiary alicyclic amines) is 2. The Morgan fingerprint density at radius 2 is 1.43 bits per heavy atom. The number of hydrogen-bond donors (Lipinski definition) is 2. The number of carbonyl (C=O) groups is 3. The van der Waals surface area contributed by atoms with Gasteiger partial charge in [-0.05, 0) is 108 Å². The first-order valence-electron chi connectivity index (χ1n) is 20.0. The highest BCUT2D eigenvalue weighted by molar-refractivity contribution is 5.99. The van der Waals surface area contributed by atoms with E-state index < -0.39 is 12.1 Å². The van der Waals surface area contributed by atoms with Crippen LogP contribution in [0, 0.1) is 6.92 Å². The number of oxazole rings is 1. The van der Waals surface area contributed by atoms with Crippen molar-refractivity contribution in [1.29, 1.82) is 0 Å². The van der Waals surface area contributed by atoms with E-state index in [2.05, 4.69) is 15.3 Å². The van der Waals surface area contributed by atoms with Crippen LogP contribution >= 0.6 is 0 Å². The number of fused-ring (bicyclic) bond motifs is 1. The molecule has 2 aromatic heterocycles. The third kappa shape index (κ3) is 7.52. The quantitative estimate of drug-likeness (QED) is 0.139.